The molecule has 2 aliphatic rings. The largest absolute Gasteiger partial charge is 2.00 e. The second-order valence-electron chi connectivity index (χ2n) is 24.4. The van der Waals surface area contributed by atoms with Crippen molar-refractivity contribution >= 4 is 96.5 Å². The summed E-state index contributed by atoms with van der Waals surface area (Å²) in [6.45, 7) is 0. The van der Waals surface area contributed by atoms with Crippen LogP contribution in [0.25, 0.3) is 154 Å². The van der Waals surface area contributed by atoms with E-state index in [9.17, 15) is 18.9 Å². The molecule has 0 aromatic heterocycles. The minimum atomic E-state index is -4.91. The summed E-state index contributed by atoms with van der Waals surface area (Å²) >= 11 is 0. The number of rotatable bonds is 8. The Morgan fingerprint density at radius 1 is 0.202 bits per heavy atom. The predicted molar refractivity (Wildman–Crippen MR) is 401 cm³/mol. The fourth-order valence-corrected chi connectivity index (χ4v) is 15.6. The van der Waals surface area contributed by atoms with E-state index in [1.54, 1.807) is 0 Å². The summed E-state index contributed by atoms with van der Waals surface area (Å²) in [7, 11) is -9.82. The summed E-state index contributed by atoms with van der Waals surface area (Å²) < 4.78 is 51.9. The molecule has 0 amide bonds. The Kier molecular flexibility index (Phi) is 16.8. The van der Waals surface area contributed by atoms with Crippen molar-refractivity contribution in [3.63, 3.8) is 0 Å². The molecule has 2 heterocycles. The summed E-state index contributed by atoms with van der Waals surface area (Å²) in [5.41, 5.74) is 17.4. The summed E-state index contributed by atoms with van der Waals surface area (Å²) in [6.07, 6.45) is 0. The second kappa shape index (κ2) is 26.3. The van der Waals surface area contributed by atoms with Crippen molar-refractivity contribution in [1.29, 1.82) is 0 Å². The molecule has 0 radical (unpaired) electrons. The topological polar surface area (TPSA) is 117 Å². The first kappa shape index (κ1) is 63.2. The van der Waals surface area contributed by atoms with E-state index in [1.165, 1.54) is 0 Å². The molecule has 18 rings (SSSR count). The molecule has 99 heavy (non-hydrogen) atoms. The number of hydrogen-bond donors (Lipinski definition) is 0. The Bertz CT molecular complexity index is 5140. The molecule has 8 nitrogen and oxygen atoms in total. The first-order chi connectivity index (χ1) is 48.0. The maximum atomic E-state index is 13.9. The molecule has 0 unspecified atom stereocenters. The van der Waals surface area contributed by atoms with Crippen LogP contribution in [0.4, 0.5) is 0 Å². The molecular formula is C88H56CaO8P2. The van der Waals surface area contributed by atoms with Crippen molar-refractivity contribution in [2.75, 3.05) is 0 Å². The molecule has 16 aromatic rings. The summed E-state index contributed by atoms with van der Waals surface area (Å²) in [5, 5.41) is 7.33. The van der Waals surface area contributed by atoms with Gasteiger partial charge in [0.2, 0.25) is 0 Å². The van der Waals surface area contributed by atoms with Crippen molar-refractivity contribution in [3.8, 4) is 134 Å². The summed E-state index contributed by atoms with van der Waals surface area (Å²) in [5.74, 6) is 1.02. The van der Waals surface area contributed by atoms with Crippen LogP contribution >= 0.6 is 15.6 Å². The summed E-state index contributed by atoms with van der Waals surface area (Å²) in [4.78, 5) is 27.8. The average Bonchev–Trinajstić information content (AvgIpc) is 1.69. The average molecular weight is 1340 g/mol. The fourth-order valence-electron chi connectivity index (χ4n) is 13.9. The van der Waals surface area contributed by atoms with Crippen molar-refractivity contribution in [2.24, 2.45) is 0 Å². The Morgan fingerprint density at radius 2 is 0.364 bits per heavy atom. The number of phosphoric ester groups is 2. The molecule has 0 spiro atoms. The molecule has 0 fully saturated rings. The van der Waals surface area contributed by atoms with E-state index in [-0.39, 0.29) is 60.7 Å². The number of benzene rings is 16. The van der Waals surface area contributed by atoms with Crippen molar-refractivity contribution in [3.05, 3.63) is 340 Å². The Balaban J connectivity index is 0.000000153. The van der Waals surface area contributed by atoms with Crippen molar-refractivity contribution < 1.29 is 37.0 Å². The number of hydrogen-bond acceptors (Lipinski definition) is 8. The minimum Gasteiger partial charge on any atom is -0.736 e. The van der Waals surface area contributed by atoms with E-state index in [0.717, 1.165) is 110 Å². The van der Waals surface area contributed by atoms with Crippen LogP contribution in [0.3, 0.4) is 0 Å². The third-order valence-corrected chi connectivity index (χ3v) is 20.2. The van der Waals surface area contributed by atoms with E-state index < -0.39 is 15.6 Å². The molecule has 0 aliphatic carbocycles. The molecular weight excluding hydrogens is 1290 g/mol. The van der Waals surface area contributed by atoms with Crippen LogP contribution in [0, 0.1) is 0 Å². The smallest absolute Gasteiger partial charge is 0.736 e. The maximum Gasteiger partial charge on any atom is 2.00 e. The van der Waals surface area contributed by atoms with Gasteiger partial charge in [0.25, 0.3) is 0 Å². The van der Waals surface area contributed by atoms with E-state index in [2.05, 4.69) is 97.1 Å². The number of fused-ring (bicyclic) bond motifs is 14. The van der Waals surface area contributed by atoms with E-state index in [4.69, 9.17) is 18.1 Å². The molecule has 0 saturated heterocycles. The second-order valence-corrected chi connectivity index (χ2v) is 26.9. The van der Waals surface area contributed by atoms with Gasteiger partial charge in [0, 0.05) is 44.5 Å². The van der Waals surface area contributed by atoms with Crippen molar-refractivity contribution in [2.45, 2.75) is 0 Å². The van der Waals surface area contributed by atoms with Gasteiger partial charge in [0.1, 0.15) is 23.0 Å². The van der Waals surface area contributed by atoms with Crippen molar-refractivity contribution in [1.82, 2.24) is 0 Å². The van der Waals surface area contributed by atoms with Gasteiger partial charge in [-0.1, -0.05) is 315 Å². The van der Waals surface area contributed by atoms with Crippen LogP contribution in [-0.2, 0) is 9.13 Å². The maximum absolute atomic E-state index is 13.9. The fraction of sp³-hybridized carbons (Fsp3) is 0. The van der Waals surface area contributed by atoms with Gasteiger partial charge in [-0.25, -0.2) is 9.13 Å². The Hall–Kier alpha value is -10.6. The standard InChI is InChI=1S/2C44H29O4P.Ca/c2*45-49(46)47-43-39(33-23-19-31(20-24-33)29-11-3-1-4-12-29)27-35-15-7-9-17-37(35)41(43)42-38-18-10-8-16-36(38)28-40(44(42)48-49)34-25-21-32(22-26-34)30-13-5-2-6-14-30;/h2*1-28H,(H,45,46);/q;;+2/p-2. The molecule has 0 saturated carbocycles. The molecule has 0 bridgehead atoms. The predicted octanol–water partition coefficient (Wildman–Crippen LogP) is 22.8. The summed E-state index contributed by atoms with van der Waals surface area (Å²) in [6, 6.07) is 113. The van der Waals surface area contributed by atoms with Gasteiger partial charge in [-0.05, 0) is 134 Å². The van der Waals surface area contributed by atoms with Crippen LogP contribution < -0.4 is 27.9 Å². The molecule has 468 valence electrons. The Morgan fingerprint density at radius 3 is 0.566 bits per heavy atom. The van der Waals surface area contributed by atoms with Gasteiger partial charge in [-0.3, -0.25) is 0 Å². The van der Waals surface area contributed by atoms with Crippen LogP contribution in [0.2, 0.25) is 0 Å². The van der Waals surface area contributed by atoms with Gasteiger partial charge in [0.15, 0.2) is 0 Å². The SMILES string of the molecule is O=P1([O-])Oc2c(-c3ccc(-c4ccccc4)cc3)cc3ccccc3c2-c2c(c(-c3ccc(-c4ccccc4)cc3)cc3ccccc23)O1.O=P1([O-])Oc2c(-c3ccc(-c4ccccc4)cc3)cc3ccccc3c2-c2c(c(-c3ccc(-c4ccccc4)cc3)cc3ccccc23)O1.[Ca+2]. The zero-order valence-corrected chi connectivity index (χ0v) is 57.2. The van der Waals surface area contributed by atoms with Crippen LogP contribution in [0.5, 0.6) is 23.0 Å². The minimum absolute atomic E-state index is 0. The first-order valence-corrected chi connectivity index (χ1v) is 35.2. The van der Waals surface area contributed by atoms with Crippen LogP contribution in [-0.4, -0.2) is 37.7 Å². The van der Waals surface area contributed by atoms with E-state index in [1.807, 2.05) is 243 Å². The van der Waals surface area contributed by atoms with Gasteiger partial charge >= 0.3 is 53.4 Å². The molecule has 11 heteroatoms. The van der Waals surface area contributed by atoms with E-state index in [0.29, 0.717) is 44.5 Å². The molecule has 0 atom stereocenters. The normalized spacial score (nSPS) is 13.0. The number of phosphoric acid groups is 2. The molecule has 16 aromatic carbocycles. The first-order valence-electron chi connectivity index (χ1n) is 32.3. The van der Waals surface area contributed by atoms with Gasteiger partial charge < -0.3 is 27.9 Å². The zero-order valence-electron chi connectivity index (χ0n) is 53.2. The van der Waals surface area contributed by atoms with E-state index >= 15 is 0 Å². The van der Waals surface area contributed by atoms with Gasteiger partial charge in [-0.2, -0.15) is 0 Å². The quantitative estimate of drug-likeness (QED) is 0.109. The molecule has 2 aliphatic heterocycles. The monoisotopic (exact) mass is 1340 g/mol. The third kappa shape index (κ3) is 12.1. The van der Waals surface area contributed by atoms with Crippen LogP contribution in [0.15, 0.2) is 340 Å². The Labute approximate surface area is 602 Å². The molecule has 0 N–H and O–H groups in total. The van der Waals surface area contributed by atoms with Crippen LogP contribution in [0.1, 0.15) is 0 Å². The van der Waals surface area contributed by atoms with Gasteiger partial charge in [-0.15, -0.1) is 0 Å². The zero-order chi connectivity index (χ0) is 65.9. The van der Waals surface area contributed by atoms with Gasteiger partial charge in [0.05, 0.1) is 0 Å². The third-order valence-electron chi connectivity index (χ3n) is 18.5.